The van der Waals surface area contributed by atoms with E-state index in [-0.39, 0.29) is 11.9 Å². The van der Waals surface area contributed by atoms with E-state index in [4.69, 9.17) is 5.73 Å². The minimum atomic E-state index is -0.145. The van der Waals surface area contributed by atoms with Crippen molar-refractivity contribution >= 4 is 17.2 Å². The number of nitrogens with two attached hydrogens (primary N) is 1. The molecule has 1 aromatic heterocycles. The van der Waals surface area contributed by atoms with Gasteiger partial charge in [0.05, 0.1) is 6.04 Å². The molecule has 112 valence electrons. The monoisotopic (exact) mass is 303 g/mol. The Hall–Kier alpha value is -1.72. The summed E-state index contributed by atoms with van der Waals surface area (Å²) in [4.78, 5) is 16.6. The molecule has 2 aromatic rings. The Labute approximate surface area is 129 Å². The predicted octanol–water partition coefficient (Wildman–Crippen LogP) is 3.04. The lowest BCUT2D eigenvalue weighted by molar-refractivity contribution is 0.0921. The van der Waals surface area contributed by atoms with Crippen molar-refractivity contribution in [2.75, 3.05) is 0 Å². The Balaban J connectivity index is 2.21. The molecular weight excluding hydrogens is 282 g/mol. The molecule has 0 saturated carbocycles. The molecular formula is C16H21N3OS. The highest BCUT2D eigenvalue weighted by atomic mass is 32.1. The zero-order valence-electron chi connectivity index (χ0n) is 12.6. The summed E-state index contributed by atoms with van der Waals surface area (Å²) in [5.74, 6) is 0.149. The molecule has 3 N–H and O–H groups in total. The van der Waals surface area contributed by atoms with E-state index in [1.165, 1.54) is 16.9 Å². The van der Waals surface area contributed by atoms with Crippen molar-refractivity contribution in [3.63, 3.8) is 0 Å². The van der Waals surface area contributed by atoms with Gasteiger partial charge >= 0.3 is 0 Å². The normalized spacial score (nSPS) is 12.4. The van der Waals surface area contributed by atoms with Gasteiger partial charge < -0.3 is 11.1 Å². The van der Waals surface area contributed by atoms with Crippen molar-refractivity contribution < 1.29 is 4.79 Å². The minimum absolute atomic E-state index is 0.0262. The fourth-order valence-electron chi connectivity index (χ4n) is 2.26. The zero-order valence-corrected chi connectivity index (χ0v) is 13.4. The van der Waals surface area contributed by atoms with Crippen molar-refractivity contribution in [2.24, 2.45) is 11.7 Å². The number of amides is 1. The van der Waals surface area contributed by atoms with Crippen LogP contribution in [0, 0.1) is 12.8 Å². The SMILES string of the molecule is Cc1ccccc1C(NC(=O)c1csc(CN)n1)C(C)C. The van der Waals surface area contributed by atoms with Gasteiger partial charge in [-0.25, -0.2) is 4.98 Å². The van der Waals surface area contributed by atoms with Gasteiger partial charge in [-0.1, -0.05) is 38.1 Å². The third-order valence-electron chi connectivity index (χ3n) is 3.44. The highest BCUT2D eigenvalue weighted by Crippen LogP contribution is 2.25. The molecule has 4 nitrogen and oxygen atoms in total. The van der Waals surface area contributed by atoms with Crippen LogP contribution in [0.3, 0.4) is 0 Å². The maximum atomic E-state index is 12.4. The lowest BCUT2D eigenvalue weighted by Crippen LogP contribution is -2.32. The summed E-state index contributed by atoms with van der Waals surface area (Å²) in [5, 5.41) is 5.62. The number of hydrogen-bond acceptors (Lipinski definition) is 4. The third-order valence-corrected chi connectivity index (χ3v) is 4.31. The first-order chi connectivity index (χ1) is 10.0. The third kappa shape index (κ3) is 3.68. The van der Waals surface area contributed by atoms with Crippen LogP contribution >= 0.6 is 11.3 Å². The fourth-order valence-corrected chi connectivity index (χ4v) is 2.92. The number of nitrogens with one attached hydrogen (secondary N) is 1. The number of nitrogens with zero attached hydrogens (tertiary/aromatic N) is 1. The number of thiazole rings is 1. The Bertz CT molecular complexity index is 621. The number of carbonyl (C=O) groups is 1. The van der Waals surface area contributed by atoms with Crippen molar-refractivity contribution in [3.05, 3.63) is 51.5 Å². The smallest absolute Gasteiger partial charge is 0.271 e. The van der Waals surface area contributed by atoms with Gasteiger partial charge in [0.15, 0.2) is 0 Å². The molecule has 1 atom stereocenters. The molecule has 0 aliphatic carbocycles. The second-order valence-corrected chi connectivity index (χ2v) is 6.33. The molecule has 1 aromatic carbocycles. The molecule has 1 amide bonds. The van der Waals surface area contributed by atoms with E-state index in [1.54, 1.807) is 5.38 Å². The highest BCUT2D eigenvalue weighted by Gasteiger charge is 2.21. The van der Waals surface area contributed by atoms with Gasteiger partial charge in [-0.2, -0.15) is 0 Å². The van der Waals surface area contributed by atoms with E-state index in [2.05, 4.69) is 43.2 Å². The van der Waals surface area contributed by atoms with Crippen molar-refractivity contribution in [3.8, 4) is 0 Å². The van der Waals surface area contributed by atoms with Gasteiger partial charge in [0.25, 0.3) is 5.91 Å². The zero-order chi connectivity index (χ0) is 15.4. The van der Waals surface area contributed by atoms with Crippen LogP contribution < -0.4 is 11.1 Å². The van der Waals surface area contributed by atoms with Crippen molar-refractivity contribution in [2.45, 2.75) is 33.4 Å². The Morgan fingerprint density at radius 1 is 1.38 bits per heavy atom. The number of aryl methyl sites for hydroxylation is 1. The number of rotatable bonds is 5. The topological polar surface area (TPSA) is 68.0 Å². The molecule has 5 heteroatoms. The molecule has 0 spiro atoms. The second-order valence-electron chi connectivity index (χ2n) is 5.38. The Morgan fingerprint density at radius 2 is 2.10 bits per heavy atom. The second kappa shape index (κ2) is 6.83. The van der Waals surface area contributed by atoms with E-state index >= 15 is 0 Å². The van der Waals surface area contributed by atoms with E-state index in [0.717, 1.165) is 10.6 Å². The van der Waals surface area contributed by atoms with Crippen LogP contribution in [0.1, 0.15) is 46.5 Å². The van der Waals surface area contributed by atoms with Gasteiger partial charge in [0.2, 0.25) is 0 Å². The van der Waals surface area contributed by atoms with Crippen LogP contribution in [0.5, 0.6) is 0 Å². The Kier molecular flexibility index (Phi) is 5.09. The summed E-state index contributed by atoms with van der Waals surface area (Å²) in [6.45, 7) is 6.63. The average molecular weight is 303 g/mol. The predicted molar refractivity (Wildman–Crippen MR) is 86.2 cm³/mol. The molecule has 0 radical (unpaired) electrons. The van der Waals surface area contributed by atoms with E-state index < -0.39 is 0 Å². The standard InChI is InChI=1S/C16H21N3OS/c1-10(2)15(12-7-5-4-6-11(12)3)19-16(20)13-9-21-14(8-17)18-13/h4-7,9-10,15H,8,17H2,1-3H3,(H,19,20). The molecule has 1 heterocycles. The molecule has 0 aliphatic heterocycles. The molecule has 0 fully saturated rings. The maximum Gasteiger partial charge on any atom is 0.271 e. The van der Waals surface area contributed by atoms with Crippen molar-refractivity contribution in [1.82, 2.24) is 10.3 Å². The summed E-state index contributed by atoms with van der Waals surface area (Å²) >= 11 is 1.42. The molecule has 0 aliphatic rings. The van der Waals surface area contributed by atoms with Crippen molar-refractivity contribution in [1.29, 1.82) is 0 Å². The van der Waals surface area contributed by atoms with Crippen LogP contribution in [0.2, 0.25) is 0 Å². The van der Waals surface area contributed by atoms with Gasteiger partial charge in [-0.05, 0) is 24.0 Å². The number of carbonyl (C=O) groups excluding carboxylic acids is 1. The molecule has 1 unspecified atom stereocenters. The first-order valence-electron chi connectivity index (χ1n) is 7.03. The van der Waals surface area contributed by atoms with Gasteiger partial charge in [-0.3, -0.25) is 4.79 Å². The van der Waals surface area contributed by atoms with Gasteiger partial charge in [0.1, 0.15) is 10.7 Å². The summed E-state index contributed by atoms with van der Waals surface area (Å²) in [5.41, 5.74) is 8.31. The lowest BCUT2D eigenvalue weighted by atomic mass is 9.92. The van der Waals surface area contributed by atoms with Crippen LogP contribution in [0.15, 0.2) is 29.6 Å². The largest absolute Gasteiger partial charge is 0.344 e. The quantitative estimate of drug-likeness (QED) is 0.892. The fraction of sp³-hybridized carbons (Fsp3) is 0.375. The van der Waals surface area contributed by atoms with Gasteiger partial charge in [-0.15, -0.1) is 11.3 Å². The first-order valence-corrected chi connectivity index (χ1v) is 7.91. The minimum Gasteiger partial charge on any atom is -0.344 e. The van der Waals surface area contributed by atoms with Crippen LogP contribution in [0.25, 0.3) is 0 Å². The van der Waals surface area contributed by atoms with E-state index in [9.17, 15) is 4.79 Å². The summed E-state index contributed by atoms with van der Waals surface area (Å²) in [7, 11) is 0. The lowest BCUT2D eigenvalue weighted by Gasteiger charge is -2.24. The number of hydrogen-bond donors (Lipinski definition) is 2. The van der Waals surface area contributed by atoms with Crippen LogP contribution in [-0.4, -0.2) is 10.9 Å². The highest BCUT2D eigenvalue weighted by molar-refractivity contribution is 7.09. The molecule has 0 saturated heterocycles. The molecule has 2 rings (SSSR count). The molecule has 0 bridgehead atoms. The van der Waals surface area contributed by atoms with Gasteiger partial charge in [0, 0.05) is 11.9 Å². The Morgan fingerprint density at radius 3 is 2.67 bits per heavy atom. The number of benzene rings is 1. The average Bonchev–Trinajstić information content (AvgIpc) is 2.94. The maximum absolute atomic E-state index is 12.4. The van der Waals surface area contributed by atoms with E-state index in [1.807, 2.05) is 12.1 Å². The van der Waals surface area contributed by atoms with Crippen LogP contribution in [0.4, 0.5) is 0 Å². The number of aromatic nitrogens is 1. The summed E-state index contributed by atoms with van der Waals surface area (Å²) < 4.78 is 0. The first kappa shape index (κ1) is 15.7. The van der Waals surface area contributed by atoms with E-state index in [0.29, 0.717) is 18.2 Å². The summed E-state index contributed by atoms with van der Waals surface area (Å²) in [6, 6.07) is 8.10. The molecule has 21 heavy (non-hydrogen) atoms. The summed E-state index contributed by atoms with van der Waals surface area (Å²) in [6.07, 6.45) is 0. The van der Waals surface area contributed by atoms with Crippen LogP contribution in [-0.2, 0) is 6.54 Å².